The van der Waals surface area contributed by atoms with Crippen LogP contribution in [0.5, 0.6) is 0 Å². The first kappa shape index (κ1) is 18.7. The van der Waals surface area contributed by atoms with Gasteiger partial charge in [-0.3, -0.25) is 5.32 Å². The molecule has 1 amide bonds. The second-order valence-electron chi connectivity index (χ2n) is 7.32. The molecule has 0 unspecified atom stereocenters. The summed E-state index contributed by atoms with van der Waals surface area (Å²) in [7, 11) is -1.29. The van der Waals surface area contributed by atoms with Gasteiger partial charge < -0.3 is 9.16 Å². The standard InChI is InChI=1S/C17H29NO3Si/c1-16(2,3)13-17(4,21-22(5)6)18-15(19)20-12-14-10-8-7-9-11-14/h7-11,22H,12-13H2,1-6H3,(H,18,19)/t17-/m0/s1. The van der Waals surface area contributed by atoms with Gasteiger partial charge in [0.15, 0.2) is 9.04 Å². The van der Waals surface area contributed by atoms with Crippen LogP contribution in [0.25, 0.3) is 0 Å². The van der Waals surface area contributed by atoms with E-state index in [-0.39, 0.29) is 12.0 Å². The van der Waals surface area contributed by atoms with Gasteiger partial charge >= 0.3 is 6.09 Å². The van der Waals surface area contributed by atoms with E-state index in [1.165, 1.54) is 0 Å². The van der Waals surface area contributed by atoms with Crippen molar-refractivity contribution in [1.82, 2.24) is 5.32 Å². The topological polar surface area (TPSA) is 47.6 Å². The smallest absolute Gasteiger partial charge is 0.409 e. The lowest BCUT2D eigenvalue weighted by molar-refractivity contribution is 0.00784. The normalized spacial score (nSPS) is 14.5. The highest BCUT2D eigenvalue weighted by Gasteiger charge is 2.33. The van der Waals surface area contributed by atoms with E-state index in [0.29, 0.717) is 0 Å². The van der Waals surface area contributed by atoms with Crippen molar-refractivity contribution in [1.29, 1.82) is 0 Å². The first-order valence-corrected chi connectivity index (χ1v) is 10.5. The molecule has 0 aliphatic heterocycles. The van der Waals surface area contributed by atoms with Crippen LogP contribution in [0.1, 0.15) is 39.7 Å². The number of rotatable bonds is 6. The predicted octanol–water partition coefficient (Wildman–Crippen LogP) is 4.07. The Hall–Kier alpha value is -1.33. The van der Waals surface area contributed by atoms with Crippen LogP contribution < -0.4 is 5.32 Å². The van der Waals surface area contributed by atoms with Gasteiger partial charge in [-0.05, 0) is 37.4 Å². The largest absolute Gasteiger partial charge is 0.445 e. The summed E-state index contributed by atoms with van der Waals surface area (Å²) in [5.74, 6) is 0. The van der Waals surface area contributed by atoms with Crippen molar-refractivity contribution in [2.24, 2.45) is 5.41 Å². The number of hydrogen-bond donors (Lipinski definition) is 1. The lowest BCUT2D eigenvalue weighted by Crippen LogP contribution is -2.52. The number of nitrogens with one attached hydrogen (secondary N) is 1. The Balaban J connectivity index is 2.62. The molecule has 1 aromatic rings. The maximum atomic E-state index is 12.1. The highest BCUT2D eigenvalue weighted by molar-refractivity contribution is 6.48. The molecule has 0 radical (unpaired) electrons. The molecule has 0 spiro atoms. The third kappa shape index (κ3) is 7.61. The second-order valence-corrected chi connectivity index (χ2v) is 9.65. The number of carbonyl (C=O) groups excluding carboxylic acids is 1. The van der Waals surface area contributed by atoms with Crippen molar-refractivity contribution >= 4 is 15.1 Å². The monoisotopic (exact) mass is 323 g/mol. The van der Waals surface area contributed by atoms with Crippen LogP contribution in [-0.2, 0) is 15.8 Å². The van der Waals surface area contributed by atoms with Crippen LogP contribution >= 0.6 is 0 Å². The second kappa shape index (κ2) is 7.79. The zero-order valence-corrected chi connectivity index (χ0v) is 15.8. The fourth-order valence-corrected chi connectivity index (χ4v) is 3.81. The van der Waals surface area contributed by atoms with Gasteiger partial charge in [0.05, 0.1) is 0 Å². The van der Waals surface area contributed by atoms with E-state index in [2.05, 4.69) is 39.2 Å². The molecule has 124 valence electrons. The predicted molar refractivity (Wildman–Crippen MR) is 92.2 cm³/mol. The molecule has 1 rings (SSSR count). The summed E-state index contributed by atoms with van der Waals surface area (Å²) in [5.41, 5.74) is 0.325. The van der Waals surface area contributed by atoms with Crippen LogP contribution in [-0.4, -0.2) is 20.9 Å². The average molecular weight is 324 g/mol. The van der Waals surface area contributed by atoms with Crippen molar-refractivity contribution in [2.45, 2.75) is 59.5 Å². The molecule has 22 heavy (non-hydrogen) atoms. The third-order valence-corrected chi connectivity index (χ3v) is 3.93. The highest BCUT2D eigenvalue weighted by Crippen LogP contribution is 2.28. The van der Waals surface area contributed by atoms with Gasteiger partial charge in [-0.25, -0.2) is 4.79 Å². The van der Waals surface area contributed by atoms with Crippen LogP contribution in [0.3, 0.4) is 0 Å². The van der Waals surface area contributed by atoms with Crippen molar-refractivity contribution in [3.63, 3.8) is 0 Å². The van der Waals surface area contributed by atoms with Gasteiger partial charge in [0.2, 0.25) is 0 Å². The highest BCUT2D eigenvalue weighted by atomic mass is 28.3. The number of ether oxygens (including phenoxy) is 1. The fourth-order valence-electron chi connectivity index (χ4n) is 2.62. The quantitative estimate of drug-likeness (QED) is 0.634. The van der Waals surface area contributed by atoms with Crippen molar-refractivity contribution < 1.29 is 14.0 Å². The van der Waals surface area contributed by atoms with Gasteiger partial charge in [0.1, 0.15) is 12.3 Å². The van der Waals surface area contributed by atoms with Crippen molar-refractivity contribution in [3.8, 4) is 0 Å². The van der Waals surface area contributed by atoms with Crippen LogP contribution in [0.4, 0.5) is 4.79 Å². The number of benzene rings is 1. The molecule has 0 saturated heterocycles. The van der Waals surface area contributed by atoms with Crippen LogP contribution in [0, 0.1) is 5.41 Å². The van der Waals surface area contributed by atoms with Crippen molar-refractivity contribution in [2.75, 3.05) is 0 Å². The van der Waals surface area contributed by atoms with E-state index in [9.17, 15) is 4.79 Å². The number of carbonyl (C=O) groups is 1. The molecule has 1 N–H and O–H groups in total. The Morgan fingerprint density at radius 2 is 1.73 bits per heavy atom. The van der Waals surface area contributed by atoms with E-state index in [1.807, 2.05) is 37.3 Å². The molecule has 5 heteroatoms. The van der Waals surface area contributed by atoms with Crippen molar-refractivity contribution in [3.05, 3.63) is 35.9 Å². The van der Waals surface area contributed by atoms with Crippen LogP contribution in [0.15, 0.2) is 30.3 Å². The Bertz CT molecular complexity index is 471. The first-order valence-electron chi connectivity index (χ1n) is 7.76. The molecule has 0 bridgehead atoms. The summed E-state index contributed by atoms with van der Waals surface area (Å²) in [6, 6.07) is 9.64. The Morgan fingerprint density at radius 1 is 1.14 bits per heavy atom. The van der Waals surface area contributed by atoms with E-state index < -0.39 is 20.9 Å². The third-order valence-electron chi connectivity index (χ3n) is 2.94. The molecule has 1 atom stereocenters. The molecule has 0 aliphatic rings. The van der Waals surface area contributed by atoms with Crippen LogP contribution in [0.2, 0.25) is 13.1 Å². The summed E-state index contributed by atoms with van der Waals surface area (Å²) in [6.07, 6.45) is 0.288. The minimum atomic E-state index is -1.29. The average Bonchev–Trinajstić information content (AvgIpc) is 2.33. The van der Waals surface area contributed by atoms with E-state index >= 15 is 0 Å². The summed E-state index contributed by atoms with van der Waals surface area (Å²) in [6.45, 7) is 12.8. The summed E-state index contributed by atoms with van der Waals surface area (Å²) in [4.78, 5) is 12.1. The Morgan fingerprint density at radius 3 is 2.23 bits per heavy atom. The summed E-state index contributed by atoms with van der Waals surface area (Å²) in [5, 5.41) is 2.90. The fraction of sp³-hybridized carbons (Fsp3) is 0.588. The molecule has 0 fully saturated rings. The summed E-state index contributed by atoms with van der Waals surface area (Å²) < 4.78 is 11.4. The molecule has 4 nitrogen and oxygen atoms in total. The van der Waals surface area contributed by atoms with Gasteiger partial charge in [0.25, 0.3) is 0 Å². The molecule has 0 aromatic heterocycles. The van der Waals surface area contributed by atoms with E-state index in [4.69, 9.17) is 9.16 Å². The lowest BCUT2D eigenvalue weighted by Gasteiger charge is -2.37. The summed E-state index contributed by atoms with van der Waals surface area (Å²) >= 11 is 0. The van der Waals surface area contributed by atoms with Gasteiger partial charge in [-0.2, -0.15) is 0 Å². The van der Waals surface area contributed by atoms with Gasteiger partial charge in [-0.1, -0.05) is 51.1 Å². The number of amides is 1. The zero-order valence-electron chi connectivity index (χ0n) is 14.6. The molecule has 0 heterocycles. The molecule has 1 aromatic carbocycles. The molecule has 0 saturated carbocycles. The molecular weight excluding hydrogens is 294 g/mol. The zero-order chi connectivity index (χ0) is 16.8. The minimum Gasteiger partial charge on any atom is -0.445 e. The van der Waals surface area contributed by atoms with E-state index in [1.54, 1.807) is 0 Å². The lowest BCUT2D eigenvalue weighted by atomic mass is 9.87. The Labute approximate surface area is 135 Å². The SMILES string of the molecule is C[SiH](C)O[C@@](C)(CC(C)(C)C)NC(=O)OCc1ccccc1. The first-order chi connectivity index (χ1) is 10.1. The molecule has 0 aliphatic carbocycles. The molecular formula is C17H29NO3Si. The maximum Gasteiger partial charge on any atom is 0.409 e. The van der Waals surface area contributed by atoms with Gasteiger partial charge in [-0.15, -0.1) is 0 Å². The number of alkyl carbamates (subject to hydrolysis) is 1. The number of hydrogen-bond acceptors (Lipinski definition) is 3. The maximum absolute atomic E-state index is 12.1. The van der Waals surface area contributed by atoms with E-state index in [0.717, 1.165) is 12.0 Å². The Kier molecular flexibility index (Phi) is 6.62. The van der Waals surface area contributed by atoms with Gasteiger partial charge in [0, 0.05) is 0 Å². The minimum absolute atomic E-state index is 0.0464.